The highest BCUT2D eigenvalue weighted by Crippen LogP contribution is 2.30. The second kappa shape index (κ2) is 7.06. The molecule has 0 atom stereocenters. The van der Waals surface area contributed by atoms with Crippen molar-refractivity contribution < 1.29 is 22.7 Å². The lowest BCUT2D eigenvalue weighted by molar-refractivity contribution is -0.137. The van der Waals surface area contributed by atoms with Gasteiger partial charge in [0.15, 0.2) is 0 Å². The van der Waals surface area contributed by atoms with Crippen LogP contribution in [0.3, 0.4) is 0 Å². The third kappa shape index (κ3) is 4.24. The molecule has 0 radical (unpaired) electrons. The maximum Gasteiger partial charge on any atom is 0.416 e. The van der Waals surface area contributed by atoms with Crippen molar-refractivity contribution in [3.63, 3.8) is 0 Å². The van der Waals surface area contributed by atoms with Crippen LogP contribution < -0.4 is 10.2 Å². The SMILES string of the molecule is O=C(Nc1cccc(C(F)(F)F)c1)c1cnc(N2CCOCC2)nc1. The number of amides is 1. The molecule has 2 aromatic rings. The topological polar surface area (TPSA) is 67.4 Å². The highest BCUT2D eigenvalue weighted by atomic mass is 19.4. The molecular weight excluding hydrogens is 337 g/mol. The van der Waals surface area contributed by atoms with Crippen LogP contribution in [0.2, 0.25) is 0 Å². The predicted molar refractivity (Wildman–Crippen MR) is 84.5 cm³/mol. The minimum atomic E-state index is -4.47. The van der Waals surface area contributed by atoms with E-state index in [0.717, 1.165) is 12.1 Å². The van der Waals surface area contributed by atoms with Gasteiger partial charge in [0.25, 0.3) is 5.91 Å². The van der Waals surface area contributed by atoms with Crippen LogP contribution in [0.4, 0.5) is 24.8 Å². The summed E-state index contributed by atoms with van der Waals surface area (Å²) in [4.78, 5) is 22.4. The van der Waals surface area contributed by atoms with Crippen LogP contribution in [-0.2, 0) is 10.9 Å². The normalized spacial score (nSPS) is 15.1. The minimum Gasteiger partial charge on any atom is -0.378 e. The molecule has 0 unspecified atom stereocenters. The summed E-state index contributed by atoms with van der Waals surface area (Å²) < 4.78 is 43.4. The largest absolute Gasteiger partial charge is 0.416 e. The summed E-state index contributed by atoms with van der Waals surface area (Å²) in [7, 11) is 0. The molecule has 132 valence electrons. The van der Waals surface area contributed by atoms with Gasteiger partial charge in [0, 0.05) is 31.2 Å². The van der Waals surface area contributed by atoms with Crippen molar-refractivity contribution in [2.24, 2.45) is 0 Å². The number of carbonyl (C=O) groups excluding carboxylic acids is 1. The number of aromatic nitrogens is 2. The van der Waals surface area contributed by atoms with E-state index in [9.17, 15) is 18.0 Å². The second-order valence-electron chi connectivity index (χ2n) is 5.40. The Balaban J connectivity index is 1.69. The third-order valence-electron chi connectivity index (χ3n) is 3.64. The first-order valence-corrected chi connectivity index (χ1v) is 7.57. The van der Waals surface area contributed by atoms with Crippen molar-refractivity contribution in [3.8, 4) is 0 Å². The number of rotatable bonds is 3. The zero-order valence-corrected chi connectivity index (χ0v) is 13.1. The Labute approximate surface area is 141 Å². The van der Waals surface area contributed by atoms with Crippen LogP contribution in [0.5, 0.6) is 0 Å². The molecule has 0 spiro atoms. The molecule has 2 heterocycles. The summed E-state index contributed by atoms with van der Waals surface area (Å²) in [5.41, 5.74) is -0.615. The van der Waals surface area contributed by atoms with Gasteiger partial charge in [0.1, 0.15) is 0 Å². The van der Waals surface area contributed by atoms with Crippen molar-refractivity contribution >= 4 is 17.5 Å². The number of alkyl halides is 3. The van der Waals surface area contributed by atoms with E-state index >= 15 is 0 Å². The zero-order valence-electron chi connectivity index (χ0n) is 13.1. The Bertz CT molecular complexity index is 744. The monoisotopic (exact) mass is 352 g/mol. The van der Waals surface area contributed by atoms with Gasteiger partial charge in [-0.3, -0.25) is 4.79 Å². The number of carbonyl (C=O) groups is 1. The van der Waals surface area contributed by atoms with Crippen LogP contribution in [0.15, 0.2) is 36.7 Å². The highest BCUT2D eigenvalue weighted by Gasteiger charge is 2.30. The molecule has 1 amide bonds. The molecule has 1 fully saturated rings. The molecule has 9 heteroatoms. The standard InChI is InChI=1S/C16H15F3N4O2/c17-16(18,19)12-2-1-3-13(8-12)22-14(24)11-9-20-15(21-10-11)23-4-6-25-7-5-23/h1-3,8-10H,4-7H2,(H,22,24). The number of hydrogen-bond acceptors (Lipinski definition) is 5. The lowest BCUT2D eigenvalue weighted by Crippen LogP contribution is -2.37. The molecule has 25 heavy (non-hydrogen) atoms. The first-order valence-electron chi connectivity index (χ1n) is 7.57. The molecular formula is C16H15F3N4O2. The Hall–Kier alpha value is -2.68. The average molecular weight is 352 g/mol. The van der Waals surface area contributed by atoms with Gasteiger partial charge in [-0.15, -0.1) is 0 Å². The van der Waals surface area contributed by atoms with Gasteiger partial charge >= 0.3 is 6.18 Å². The predicted octanol–water partition coefficient (Wildman–Crippen LogP) is 2.58. The summed E-state index contributed by atoms with van der Waals surface area (Å²) in [6.07, 6.45) is -1.77. The van der Waals surface area contributed by atoms with Crippen molar-refractivity contribution in [1.29, 1.82) is 0 Å². The number of nitrogens with one attached hydrogen (secondary N) is 1. The summed E-state index contributed by atoms with van der Waals surface area (Å²) in [6.45, 7) is 2.49. The minimum absolute atomic E-state index is 0.0529. The highest BCUT2D eigenvalue weighted by molar-refractivity contribution is 6.03. The molecule has 1 aromatic carbocycles. The Kier molecular flexibility index (Phi) is 4.84. The lowest BCUT2D eigenvalue weighted by atomic mass is 10.2. The molecule has 0 aliphatic carbocycles. The van der Waals surface area contributed by atoms with Crippen molar-refractivity contribution in [2.75, 3.05) is 36.5 Å². The van der Waals surface area contributed by atoms with Crippen LogP contribution in [0.25, 0.3) is 0 Å². The fraction of sp³-hybridized carbons (Fsp3) is 0.312. The molecule has 0 saturated carbocycles. The Morgan fingerprint density at radius 1 is 1.16 bits per heavy atom. The van der Waals surface area contributed by atoms with Gasteiger partial charge in [-0.05, 0) is 18.2 Å². The molecule has 1 aliphatic heterocycles. The summed E-state index contributed by atoms with van der Waals surface area (Å²) in [5, 5.41) is 2.42. The van der Waals surface area contributed by atoms with E-state index in [1.54, 1.807) is 0 Å². The maximum atomic E-state index is 12.7. The van der Waals surface area contributed by atoms with Crippen molar-refractivity contribution in [2.45, 2.75) is 6.18 Å². The van der Waals surface area contributed by atoms with E-state index < -0.39 is 17.6 Å². The molecule has 1 N–H and O–H groups in total. The molecule has 6 nitrogen and oxygen atoms in total. The van der Waals surface area contributed by atoms with Gasteiger partial charge in [-0.2, -0.15) is 13.2 Å². The van der Waals surface area contributed by atoms with E-state index in [0.29, 0.717) is 32.3 Å². The smallest absolute Gasteiger partial charge is 0.378 e. The first kappa shape index (κ1) is 17.2. The number of anilines is 2. The van der Waals surface area contributed by atoms with Crippen molar-refractivity contribution in [3.05, 3.63) is 47.8 Å². The molecule has 1 aliphatic rings. The number of hydrogen-bond donors (Lipinski definition) is 1. The van der Waals surface area contributed by atoms with Crippen LogP contribution in [0.1, 0.15) is 15.9 Å². The van der Waals surface area contributed by atoms with Crippen LogP contribution in [-0.4, -0.2) is 42.2 Å². The number of benzene rings is 1. The first-order chi connectivity index (χ1) is 11.9. The van der Waals surface area contributed by atoms with Crippen LogP contribution in [0, 0.1) is 0 Å². The number of nitrogens with zero attached hydrogens (tertiary/aromatic N) is 3. The number of morpholine rings is 1. The fourth-order valence-electron chi connectivity index (χ4n) is 2.34. The maximum absolute atomic E-state index is 12.7. The van der Waals surface area contributed by atoms with Crippen LogP contribution >= 0.6 is 0 Å². The molecule has 1 saturated heterocycles. The lowest BCUT2D eigenvalue weighted by Gasteiger charge is -2.26. The van der Waals surface area contributed by atoms with E-state index in [4.69, 9.17) is 4.74 Å². The van der Waals surface area contributed by atoms with E-state index in [1.165, 1.54) is 24.5 Å². The number of halogens is 3. The Morgan fingerprint density at radius 2 is 1.84 bits per heavy atom. The second-order valence-corrected chi connectivity index (χ2v) is 5.40. The third-order valence-corrected chi connectivity index (χ3v) is 3.64. The van der Waals surface area contributed by atoms with Gasteiger partial charge < -0.3 is 15.0 Å². The summed E-state index contributed by atoms with van der Waals surface area (Å²) in [5.74, 6) is -0.0910. The molecule has 0 bridgehead atoms. The van der Waals surface area contributed by atoms with E-state index in [1.807, 2.05) is 4.90 Å². The summed E-state index contributed by atoms with van der Waals surface area (Å²) in [6, 6.07) is 4.43. The molecule has 3 rings (SSSR count). The van der Waals surface area contributed by atoms with Gasteiger partial charge in [0.2, 0.25) is 5.95 Å². The van der Waals surface area contributed by atoms with E-state index in [-0.39, 0.29) is 11.3 Å². The van der Waals surface area contributed by atoms with Gasteiger partial charge in [0.05, 0.1) is 24.3 Å². The van der Waals surface area contributed by atoms with Gasteiger partial charge in [-0.1, -0.05) is 6.07 Å². The fourth-order valence-corrected chi connectivity index (χ4v) is 2.34. The zero-order chi connectivity index (χ0) is 17.9. The van der Waals surface area contributed by atoms with E-state index in [2.05, 4.69) is 15.3 Å². The Morgan fingerprint density at radius 3 is 2.48 bits per heavy atom. The average Bonchev–Trinajstić information content (AvgIpc) is 2.62. The number of ether oxygens (including phenoxy) is 1. The molecule has 1 aromatic heterocycles. The quantitative estimate of drug-likeness (QED) is 0.920. The van der Waals surface area contributed by atoms with Crippen molar-refractivity contribution in [1.82, 2.24) is 9.97 Å². The van der Waals surface area contributed by atoms with Gasteiger partial charge in [-0.25, -0.2) is 9.97 Å². The summed E-state index contributed by atoms with van der Waals surface area (Å²) >= 11 is 0.